The Hall–Kier alpha value is -1.97. The van der Waals surface area contributed by atoms with E-state index in [1.165, 1.54) is 0 Å². The molecule has 0 radical (unpaired) electrons. The molecule has 1 aliphatic heterocycles. The van der Waals surface area contributed by atoms with Crippen LogP contribution >= 0.6 is 0 Å². The number of nitrogens with one attached hydrogen (secondary N) is 1. The van der Waals surface area contributed by atoms with Crippen LogP contribution < -0.4 is 5.32 Å². The highest BCUT2D eigenvalue weighted by molar-refractivity contribution is 5.86. The van der Waals surface area contributed by atoms with E-state index >= 15 is 0 Å². The summed E-state index contributed by atoms with van der Waals surface area (Å²) in [5, 5.41) is 11.7. The van der Waals surface area contributed by atoms with E-state index in [4.69, 9.17) is 9.84 Å². The number of benzene rings is 1. The van der Waals surface area contributed by atoms with Gasteiger partial charge in [0.2, 0.25) is 0 Å². The van der Waals surface area contributed by atoms with E-state index in [2.05, 4.69) is 5.32 Å². The van der Waals surface area contributed by atoms with Gasteiger partial charge in [0.05, 0.1) is 0 Å². The highest BCUT2D eigenvalue weighted by Gasteiger charge is 2.27. The summed E-state index contributed by atoms with van der Waals surface area (Å²) in [4.78, 5) is 10.8. The van der Waals surface area contributed by atoms with Crippen LogP contribution in [-0.4, -0.2) is 11.1 Å². The van der Waals surface area contributed by atoms with Crippen molar-refractivity contribution in [2.24, 2.45) is 0 Å². The zero-order chi connectivity index (χ0) is 10.8. The first kappa shape index (κ1) is 9.58. The standard InChI is InChI=1S/C11H11NO3/c1-7-9(11(13)14)12-10(15-7)8-5-3-2-4-6-8/h2-6,10,12H,1H3,(H,13,14). The van der Waals surface area contributed by atoms with Gasteiger partial charge in [-0.15, -0.1) is 0 Å². The van der Waals surface area contributed by atoms with Crippen molar-refractivity contribution in [2.75, 3.05) is 0 Å². The van der Waals surface area contributed by atoms with Gasteiger partial charge in [-0.3, -0.25) is 0 Å². The SMILES string of the molecule is CC1=C(C(=O)O)NC(c2ccccc2)O1. The number of hydrogen-bond donors (Lipinski definition) is 2. The van der Waals surface area contributed by atoms with E-state index in [9.17, 15) is 4.79 Å². The minimum atomic E-state index is -0.995. The summed E-state index contributed by atoms with van der Waals surface area (Å²) >= 11 is 0. The van der Waals surface area contributed by atoms with Crippen molar-refractivity contribution in [3.63, 3.8) is 0 Å². The molecule has 0 bridgehead atoms. The van der Waals surface area contributed by atoms with E-state index in [-0.39, 0.29) is 5.70 Å². The average molecular weight is 205 g/mol. The molecular formula is C11H11NO3. The number of allylic oxidation sites excluding steroid dienone is 1. The van der Waals surface area contributed by atoms with Crippen molar-refractivity contribution in [1.82, 2.24) is 5.32 Å². The average Bonchev–Trinajstić information content (AvgIpc) is 2.62. The number of aliphatic carboxylic acids is 1. The summed E-state index contributed by atoms with van der Waals surface area (Å²) in [6.45, 7) is 1.64. The minimum Gasteiger partial charge on any atom is -0.476 e. The maximum Gasteiger partial charge on any atom is 0.355 e. The molecule has 0 aliphatic carbocycles. The predicted octanol–water partition coefficient (Wildman–Crippen LogP) is 1.62. The molecule has 4 heteroatoms. The van der Waals surface area contributed by atoms with Crippen LogP contribution in [0.3, 0.4) is 0 Å². The second-order valence-electron chi connectivity index (χ2n) is 3.29. The van der Waals surface area contributed by atoms with Crippen LogP contribution in [0.1, 0.15) is 18.7 Å². The Morgan fingerprint density at radius 1 is 1.40 bits per heavy atom. The van der Waals surface area contributed by atoms with Gasteiger partial charge in [-0.05, 0) is 6.92 Å². The van der Waals surface area contributed by atoms with Crippen molar-refractivity contribution in [3.8, 4) is 0 Å². The number of hydrogen-bond acceptors (Lipinski definition) is 3. The molecule has 2 rings (SSSR count). The number of carboxylic acids is 1. The molecule has 0 fully saturated rings. The Bertz CT molecular complexity index is 411. The number of carboxylic acid groups (broad SMARTS) is 1. The fourth-order valence-corrected chi connectivity index (χ4v) is 1.49. The largest absolute Gasteiger partial charge is 0.476 e. The lowest BCUT2D eigenvalue weighted by atomic mass is 10.2. The number of carbonyl (C=O) groups is 1. The van der Waals surface area contributed by atoms with Crippen LogP contribution in [0.5, 0.6) is 0 Å². The van der Waals surface area contributed by atoms with Crippen LogP contribution in [0, 0.1) is 0 Å². The molecule has 0 spiro atoms. The highest BCUT2D eigenvalue weighted by Crippen LogP contribution is 2.26. The molecule has 2 N–H and O–H groups in total. The van der Waals surface area contributed by atoms with Gasteiger partial charge >= 0.3 is 5.97 Å². The zero-order valence-corrected chi connectivity index (χ0v) is 8.23. The molecule has 1 aliphatic rings. The lowest BCUT2D eigenvalue weighted by Gasteiger charge is -2.12. The Balaban J connectivity index is 2.17. The molecule has 1 aromatic rings. The van der Waals surface area contributed by atoms with Gasteiger partial charge in [0.1, 0.15) is 5.76 Å². The lowest BCUT2D eigenvalue weighted by Crippen LogP contribution is -2.20. The van der Waals surface area contributed by atoms with Crippen LogP contribution in [0.25, 0.3) is 0 Å². The number of ether oxygens (including phenoxy) is 1. The van der Waals surface area contributed by atoms with Crippen molar-refractivity contribution < 1.29 is 14.6 Å². The Morgan fingerprint density at radius 3 is 2.60 bits per heavy atom. The van der Waals surface area contributed by atoms with Crippen molar-refractivity contribution in [2.45, 2.75) is 13.2 Å². The Kier molecular flexibility index (Phi) is 2.33. The van der Waals surface area contributed by atoms with E-state index < -0.39 is 12.2 Å². The fraction of sp³-hybridized carbons (Fsp3) is 0.182. The summed E-state index contributed by atoms with van der Waals surface area (Å²) in [6, 6.07) is 9.44. The van der Waals surface area contributed by atoms with Gasteiger partial charge in [-0.1, -0.05) is 30.3 Å². The summed E-state index contributed by atoms with van der Waals surface area (Å²) in [5.74, 6) is -0.581. The molecule has 4 nitrogen and oxygen atoms in total. The highest BCUT2D eigenvalue weighted by atomic mass is 16.5. The molecule has 0 aromatic heterocycles. The summed E-state index contributed by atoms with van der Waals surface area (Å²) < 4.78 is 5.41. The van der Waals surface area contributed by atoms with Gasteiger partial charge in [0, 0.05) is 5.56 Å². The van der Waals surface area contributed by atoms with Crippen molar-refractivity contribution >= 4 is 5.97 Å². The van der Waals surface area contributed by atoms with Crippen LogP contribution in [-0.2, 0) is 9.53 Å². The summed E-state index contributed by atoms with van der Waals surface area (Å²) in [6.07, 6.45) is -0.391. The van der Waals surface area contributed by atoms with Crippen LogP contribution in [0.15, 0.2) is 41.8 Å². The first-order valence-corrected chi connectivity index (χ1v) is 4.61. The first-order chi connectivity index (χ1) is 7.18. The monoisotopic (exact) mass is 205 g/mol. The molecule has 0 saturated carbocycles. The van der Waals surface area contributed by atoms with E-state index in [0.29, 0.717) is 5.76 Å². The van der Waals surface area contributed by atoms with E-state index in [1.54, 1.807) is 6.92 Å². The molecule has 15 heavy (non-hydrogen) atoms. The molecule has 78 valence electrons. The predicted molar refractivity (Wildman–Crippen MR) is 53.7 cm³/mol. The van der Waals surface area contributed by atoms with Crippen LogP contribution in [0.4, 0.5) is 0 Å². The second kappa shape index (κ2) is 3.65. The van der Waals surface area contributed by atoms with Gasteiger partial charge in [0.25, 0.3) is 0 Å². The maximum atomic E-state index is 10.8. The van der Waals surface area contributed by atoms with Gasteiger partial charge in [-0.2, -0.15) is 0 Å². The molecule has 1 aromatic carbocycles. The smallest absolute Gasteiger partial charge is 0.355 e. The molecular weight excluding hydrogens is 194 g/mol. The minimum absolute atomic E-state index is 0.129. The van der Waals surface area contributed by atoms with Gasteiger partial charge in [0.15, 0.2) is 11.9 Å². The Morgan fingerprint density at radius 2 is 2.07 bits per heavy atom. The molecule has 0 saturated heterocycles. The van der Waals surface area contributed by atoms with Gasteiger partial charge < -0.3 is 15.2 Å². The zero-order valence-electron chi connectivity index (χ0n) is 8.23. The molecule has 1 heterocycles. The third kappa shape index (κ3) is 1.79. The molecule has 1 unspecified atom stereocenters. The normalized spacial score (nSPS) is 19.7. The van der Waals surface area contributed by atoms with Crippen molar-refractivity contribution in [1.29, 1.82) is 0 Å². The maximum absolute atomic E-state index is 10.8. The fourth-order valence-electron chi connectivity index (χ4n) is 1.49. The quantitative estimate of drug-likeness (QED) is 0.770. The van der Waals surface area contributed by atoms with Crippen molar-refractivity contribution in [3.05, 3.63) is 47.4 Å². The summed E-state index contributed by atoms with van der Waals surface area (Å²) in [5.41, 5.74) is 1.04. The van der Waals surface area contributed by atoms with Gasteiger partial charge in [-0.25, -0.2) is 4.79 Å². The first-order valence-electron chi connectivity index (χ1n) is 4.61. The lowest BCUT2D eigenvalue weighted by molar-refractivity contribution is -0.133. The third-order valence-electron chi connectivity index (χ3n) is 2.24. The van der Waals surface area contributed by atoms with Crippen LogP contribution in [0.2, 0.25) is 0 Å². The molecule has 1 atom stereocenters. The third-order valence-corrected chi connectivity index (χ3v) is 2.24. The Labute approximate surface area is 87.2 Å². The van der Waals surface area contributed by atoms with E-state index in [0.717, 1.165) is 5.56 Å². The topological polar surface area (TPSA) is 58.6 Å². The summed E-state index contributed by atoms with van der Waals surface area (Å²) in [7, 11) is 0. The van der Waals surface area contributed by atoms with E-state index in [1.807, 2.05) is 30.3 Å². The second-order valence-corrected chi connectivity index (χ2v) is 3.29. The number of rotatable bonds is 2. The molecule has 0 amide bonds.